The van der Waals surface area contributed by atoms with E-state index < -0.39 is 2.14 Å². The zero-order chi connectivity index (χ0) is 12.3. The van der Waals surface area contributed by atoms with Crippen molar-refractivity contribution in [3.05, 3.63) is 54.1 Å². The van der Waals surface area contributed by atoms with E-state index in [0.717, 1.165) is 5.56 Å². The van der Waals surface area contributed by atoms with Gasteiger partial charge in [0.2, 0.25) is 0 Å². The van der Waals surface area contributed by atoms with Crippen LogP contribution in [-0.4, -0.2) is 7.32 Å². The Morgan fingerprint density at radius 1 is 1.18 bits per heavy atom. The third-order valence-electron chi connectivity index (χ3n) is 2.00. The number of hydrogen-bond acceptors (Lipinski definition) is 3. The second-order valence-corrected chi connectivity index (χ2v) is 10.0. The van der Waals surface area contributed by atoms with Crippen molar-refractivity contribution in [2.24, 2.45) is 0 Å². The first kappa shape index (κ1) is 13.0. The highest BCUT2D eigenvalue weighted by atomic mass is 80.0. The molecule has 1 N–H and O–H groups in total. The fraction of sp³-hybridized carbons (Fsp3) is 0.0909. The van der Waals surface area contributed by atoms with Crippen molar-refractivity contribution in [2.45, 2.75) is 2.14 Å². The van der Waals surface area contributed by atoms with E-state index in [1.807, 2.05) is 36.4 Å². The number of allylic oxidation sites excluding steroid dienone is 1. The van der Waals surface area contributed by atoms with Crippen molar-refractivity contribution in [3.8, 4) is 0 Å². The molecule has 2 rings (SSSR count). The normalized spacial score (nSPS) is 15.7. The van der Waals surface area contributed by atoms with Gasteiger partial charge in [0.1, 0.15) is 0 Å². The van der Waals surface area contributed by atoms with Crippen LogP contribution < -0.4 is 5.43 Å². The summed E-state index contributed by atoms with van der Waals surface area (Å²) in [6, 6.07) is 10.00. The van der Waals surface area contributed by atoms with Gasteiger partial charge in [0, 0.05) is 0 Å². The third-order valence-corrected chi connectivity index (χ3v) is 3.17. The van der Waals surface area contributed by atoms with Crippen LogP contribution in [0.2, 0.25) is 0 Å². The maximum Gasteiger partial charge on any atom is 0.196 e. The molecule has 17 heavy (non-hydrogen) atoms. The van der Waals surface area contributed by atoms with Crippen molar-refractivity contribution in [3.63, 3.8) is 0 Å². The van der Waals surface area contributed by atoms with E-state index in [-0.39, 0.29) is 0 Å². The number of hydrazine groups is 1. The topological polar surface area (TPSA) is 24.5 Å². The summed E-state index contributed by atoms with van der Waals surface area (Å²) in [6.07, 6.45) is 5.49. The average molecular weight is 425 g/mol. The molecule has 6 heteroatoms. The fourth-order valence-electron chi connectivity index (χ4n) is 1.21. The summed E-state index contributed by atoms with van der Waals surface area (Å²) >= 11 is 10.1. The molecule has 0 aromatic heterocycles. The Hall–Kier alpha value is -0.460. The Balaban J connectivity index is 1.94. The molecule has 0 saturated carbocycles. The summed E-state index contributed by atoms with van der Waals surface area (Å²) in [5.74, 6) is 0.676. The van der Waals surface area contributed by atoms with Gasteiger partial charge >= 0.3 is 0 Å². The molecule has 1 aromatic carbocycles. The van der Waals surface area contributed by atoms with E-state index in [0.29, 0.717) is 5.76 Å². The van der Waals surface area contributed by atoms with Crippen LogP contribution >= 0.6 is 47.8 Å². The van der Waals surface area contributed by atoms with Crippen LogP contribution in [0.4, 0.5) is 0 Å². The predicted molar refractivity (Wildman–Crippen MR) is 79.1 cm³/mol. The Kier molecular flexibility index (Phi) is 4.17. The van der Waals surface area contributed by atoms with Crippen LogP contribution in [0.5, 0.6) is 0 Å². The smallest absolute Gasteiger partial charge is 0.196 e. The first-order chi connectivity index (χ1) is 8.05. The second-order valence-electron chi connectivity index (χ2n) is 3.28. The number of rotatable bonds is 2. The molecule has 0 bridgehead atoms. The lowest BCUT2D eigenvalue weighted by Gasteiger charge is -2.16. The van der Waals surface area contributed by atoms with E-state index in [9.17, 15) is 0 Å². The largest absolute Gasteiger partial charge is 0.359 e. The molecular weight excluding hydrogens is 416 g/mol. The van der Waals surface area contributed by atoms with Crippen molar-refractivity contribution in [1.82, 2.24) is 10.6 Å². The lowest BCUT2D eigenvalue weighted by Crippen LogP contribution is -2.22. The zero-order valence-corrected chi connectivity index (χ0v) is 13.4. The van der Waals surface area contributed by atoms with Crippen molar-refractivity contribution < 1.29 is 4.84 Å². The minimum absolute atomic E-state index is 0.546. The van der Waals surface area contributed by atoms with Crippen LogP contribution in [-0.2, 0) is 4.84 Å². The van der Waals surface area contributed by atoms with Gasteiger partial charge in [-0.15, -0.1) is 5.17 Å². The molecule has 0 saturated heterocycles. The van der Waals surface area contributed by atoms with E-state index in [4.69, 9.17) is 4.84 Å². The molecule has 0 amide bonds. The number of benzene rings is 1. The molecule has 0 fully saturated rings. The molecule has 0 radical (unpaired) electrons. The Morgan fingerprint density at radius 2 is 1.88 bits per heavy atom. The number of nitrogens with zero attached hydrogens (tertiary/aromatic N) is 1. The van der Waals surface area contributed by atoms with Crippen LogP contribution in [0.25, 0.3) is 6.08 Å². The fourth-order valence-corrected chi connectivity index (χ4v) is 1.77. The minimum atomic E-state index is -0.546. The van der Waals surface area contributed by atoms with Gasteiger partial charge in [0.15, 0.2) is 7.90 Å². The molecule has 0 spiro atoms. The van der Waals surface area contributed by atoms with E-state index >= 15 is 0 Å². The number of halogens is 3. The van der Waals surface area contributed by atoms with Gasteiger partial charge in [-0.3, -0.25) is 5.43 Å². The highest BCUT2D eigenvalue weighted by molar-refractivity contribution is 9.39. The summed E-state index contributed by atoms with van der Waals surface area (Å²) in [5, 5.41) is 1.51. The quantitative estimate of drug-likeness (QED) is 0.724. The van der Waals surface area contributed by atoms with Crippen LogP contribution in [0.15, 0.2) is 48.5 Å². The van der Waals surface area contributed by atoms with Gasteiger partial charge < -0.3 is 4.84 Å². The predicted octanol–water partition coefficient (Wildman–Crippen LogP) is 4.09. The van der Waals surface area contributed by atoms with Crippen LogP contribution in [0.3, 0.4) is 0 Å². The number of hydroxylamine groups is 1. The van der Waals surface area contributed by atoms with Gasteiger partial charge in [-0.1, -0.05) is 78.1 Å². The molecular formula is C11H9Br3N2O. The highest BCUT2D eigenvalue weighted by Crippen LogP contribution is 2.42. The number of hydrogen-bond donors (Lipinski definition) is 1. The van der Waals surface area contributed by atoms with Gasteiger partial charge in [-0.05, 0) is 11.6 Å². The van der Waals surface area contributed by atoms with Crippen molar-refractivity contribution >= 4 is 53.9 Å². The molecule has 90 valence electrons. The summed E-state index contributed by atoms with van der Waals surface area (Å²) in [6.45, 7) is 0. The minimum Gasteiger partial charge on any atom is -0.359 e. The Labute approximate surface area is 125 Å². The van der Waals surface area contributed by atoms with Gasteiger partial charge in [-0.25, -0.2) is 0 Å². The molecule has 3 nitrogen and oxygen atoms in total. The molecule has 1 heterocycles. The summed E-state index contributed by atoms with van der Waals surface area (Å²) in [5.41, 5.74) is 4.06. The molecule has 1 aromatic rings. The molecule has 0 unspecified atom stereocenters. The maximum absolute atomic E-state index is 5.50. The van der Waals surface area contributed by atoms with Crippen molar-refractivity contribution in [1.29, 1.82) is 0 Å². The lowest BCUT2D eigenvalue weighted by molar-refractivity contribution is -0.0788. The highest BCUT2D eigenvalue weighted by Gasteiger charge is 2.31. The summed E-state index contributed by atoms with van der Waals surface area (Å²) < 4.78 is -0.546. The molecule has 0 atom stereocenters. The molecule has 1 aliphatic rings. The second kappa shape index (κ2) is 5.46. The van der Waals surface area contributed by atoms with Crippen molar-refractivity contribution in [2.75, 3.05) is 0 Å². The number of alkyl halides is 3. The van der Waals surface area contributed by atoms with E-state index in [1.54, 1.807) is 12.4 Å². The zero-order valence-electron chi connectivity index (χ0n) is 8.61. The molecule has 0 aliphatic carbocycles. The molecule has 1 aliphatic heterocycles. The third kappa shape index (κ3) is 3.76. The summed E-state index contributed by atoms with van der Waals surface area (Å²) in [4.78, 5) is 5.50. The van der Waals surface area contributed by atoms with Crippen LogP contribution in [0, 0.1) is 0 Å². The first-order valence-corrected chi connectivity index (χ1v) is 7.17. The Morgan fingerprint density at radius 3 is 2.47 bits per heavy atom. The van der Waals surface area contributed by atoms with E-state index in [1.165, 1.54) is 5.17 Å². The lowest BCUT2D eigenvalue weighted by atomic mass is 10.2. The average Bonchev–Trinajstić information content (AvgIpc) is 2.76. The standard InChI is InChI=1S/C11H9Br3N2O/c12-11(13,14)10-8-15-16(17-10)7-6-9-4-2-1-3-5-9/h1-8,15H/b7-6+. The summed E-state index contributed by atoms with van der Waals surface area (Å²) in [7, 11) is 0. The Bertz CT molecular complexity index is 440. The SMILES string of the molecule is BrC(Br)(Br)C1=CNN(/C=C/c2ccccc2)O1. The number of nitrogens with one attached hydrogen (secondary N) is 1. The van der Waals surface area contributed by atoms with Gasteiger partial charge in [-0.2, -0.15) is 0 Å². The van der Waals surface area contributed by atoms with Crippen LogP contribution in [0.1, 0.15) is 5.56 Å². The first-order valence-electron chi connectivity index (χ1n) is 4.80. The maximum atomic E-state index is 5.50. The monoisotopic (exact) mass is 422 g/mol. The van der Waals surface area contributed by atoms with E-state index in [2.05, 4.69) is 53.2 Å². The van der Waals surface area contributed by atoms with Gasteiger partial charge in [0.05, 0.1) is 12.4 Å². The van der Waals surface area contributed by atoms with Gasteiger partial charge in [0.25, 0.3) is 0 Å².